The van der Waals surface area contributed by atoms with Crippen LogP contribution in [0.3, 0.4) is 0 Å². The van der Waals surface area contributed by atoms with E-state index in [0.29, 0.717) is 6.61 Å². The third-order valence-electron chi connectivity index (χ3n) is 1.35. The van der Waals surface area contributed by atoms with Crippen molar-refractivity contribution < 1.29 is 4.74 Å². The minimum Gasteiger partial charge on any atom is -0.380 e. The SMILES string of the molecule is CNc1ncc[c]c1COC. The maximum atomic E-state index is 4.96. The molecule has 11 heavy (non-hydrogen) atoms. The topological polar surface area (TPSA) is 34.2 Å². The molecule has 0 saturated carbocycles. The monoisotopic (exact) mass is 151 g/mol. The van der Waals surface area contributed by atoms with Gasteiger partial charge < -0.3 is 10.1 Å². The van der Waals surface area contributed by atoms with Gasteiger partial charge in [0.15, 0.2) is 0 Å². The van der Waals surface area contributed by atoms with Gasteiger partial charge in [-0.2, -0.15) is 0 Å². The molecule has 0 unspecified atom stereocenters. The van der Waals surface area contributed by atoms with Gasteiger partial charge in [-0.3, -0.25) is 0 Å². The number of pyridine rings is 1. The van der Waals surface area contributed by atoms with Gasteiger partial charge in [0.2, 0.25) is 0 Å². The van der Waals surface area contributed by atoms with E-state index in [1.54, 1.807) is 19.4 Å². The Morgan fingerprint density at radius 3 is 3.18 bits per heavy atom. The van der Waals surface area contributed by atoms with Crippen LogP contribution in [0.4, 0.5) is 5.82 Å². The lowest BCUT2D eigenvalue weighted by molar-refractivity contribution is 0.185. The van der Waals surface area contributed by atoms with Crippen LogP contribution in [0.1, 0.15) is 5.56 Å². The van der Waals surface area contributed by atoms with Crippen LogP contribution in [0.25, 0.3) is 0 Å². The fourth-order valence-corrected chi connectivity index (χ4v) is 0.866. The Morgan fingerprint density at radius 2 is 2.55 bits per heavy atom. The molecule has 0 aliphatic rings. The number of hydrogen-bond donors (Lipinski definition) is 1. The number of aromatic nitrogens is 1. The maximum absolute atomic E-state index is 4.96. The van der Waals surface area contributed by atoms with Crippen LogP contribution in [0.5, 0.6) is 0 Å². The summed E-state index contributed by atoms with van der Waals surface area (Å²) in [4.78, 5) is 4.09. The molecule has 0 atom stereocenters. The largest absolute Gasteiger partial charge is 0.380 e. The second-order valence-corrected chi connectivity index (χ2v) is 2.10. The summed E-state index contributed by atoms with van der Waals surface area (Å²) < 4.78 is 4.96. The van der Waals surface area contributed by atoms with Gasteiger partial charge in [-0.1, -0.05) is 0 Å². The molecule has 0 amide bonds. The highest BCUT2D eigenvalue weighted by atomic mass is 16.5. The van der Waals surface area contributed by atoms with Crippen molar-refractivity contribution in [2.45, 2.75) is 6.61 Å². The first-order chi connectivity index (χ1) is 5.38. The van der Waals surface area contributed by atoms with E-state index in [2.05, 4.69) is 16.4 Å². The zero-order valence-corrected chi connectivity index (χ0v) is 6.72. The van der Waals surface area contributed by atoms with E-state index in [0.717, 1.165) is 11.4 Å². The molecule has 1 rings (SSSR count). The third kappa shape index (κ3) is 1.91. The van der Waals surface area contributed by atoms with Gasteiger partial charge in [-0.25, -0.2) is 4.98 Å². The number of rotatable bonds is 3. The molecule has 1 radical (unpaired) electrons. The minimum absolute atomic E-state index is 0.546. The predicted molar refractivity (Wildman–Crippen MR) is 43.3 cm³/mol. The van der Waals surface area contributed by atoms with E-state index in [9.17, 15) is 0 Å². The number of anilines is 1. The van der Waals surface area contributed by atoms with Crippen LogP contribution in [0.15, 0.2) is 12.3 Å². The average Bonchev–Trinajstić information content (AvgIpc) is 2.06. The maximum Gasteiger partial charge on any atom is 0.131 e. The normalized spacial score (nSPS) is 9.64. The lowest BCUT2D eigenvalue weighted by Gasteiger charge is -2.04. The van der Waals surface area contributed by atoms with Crippen LogP contribution in [0, 0.1) is 6.07 Å². The van der Waals surface area contributed by atoms with Gasteiger partial charge in [0.25, 0.3) is 0 Å². The lowest BCUT2D eigenvalue weighted by atomic mass is 10.3. The summed E-state index contributed by atoms with van der Waals surface area (Å²) in [5.41, 5.74) is 0.956. The molecule has 0 aliphatic heterocycles. The van der Waals surface area contributed by atoms with Gasteiger partial charge in [-0.05, 0) is 12.1 Å². The molecule has 0 aliphatic carbocycles. The highest BCUT2D eigenvalue weighted by Gasteiger charge is 1.98. The third-order valence-corrected chi connectivity index (χ3v) is 1.35. The van der Waals surface area contributed by atoms with Gasteiger partial charge in [0.05, 0.1) is 6.61 Å². The summed E-state index contributed by atoms with van der Waals surface area (Å²) in [6.45, 7) is 0.546. The quantitative estimate of drug-likeness (QED) is 0.701. The first-order valence-corrected chi connectivity index (χ1v) is 3.40. The molecule has 0 aromatic carbocycles. The molecule has 1 N–H and O–H groups in total. The first kappa shape index (κ1) is 8.01. The van der Waals surface area contributed by atoms with E-state index in [-0.39, 0.29) is 0 Å². The second-order valence-electron chi connectivity index (χ2n) is 2.10. The zero-order valence-electron chi connectivity index (χ0n) is 6.72. The molecule has 1 aromatic heterocycles. The van der Waals surface area contributed by atoms with Crippen LogP contribution in [-0.4, -0.2) is 19.1 Å². The van der Waals surface area contributed by atoms with Crippen molar-refractivity contribution >= 4 is 5.82 Å². The molecule has 3 heteroatoms. The van der Waals surface area contributed by atoms with Crippen molar-refractivity contribution in [3.63, 3.8) is 0 Å². The van der Waals surface area contributed by atoms with Crippen molar-refractivity contribution in [2.75, 3.05) is 19.5 Å². The van der Waals surface area contributed by atoms with Crippen molar-refractivity contribution in [2.24, 2.45) is 0 Å². The highest BCUT2D eigenvalue weighted by molar-refractivity contribution is 5.41. The smallest absolute Gasteiger partial charge is 0.131 e. The molecule has 1 heterocycles. The Kier molecular flexibility index (Phi) is 2.86. The molecule has 0 fully saturated rings. The van der Waals surface area contributed by atoms with Gasteiger partial charge in [-0.15, -0.1) is 0 Å². The molecular weight excluding hydrogens is 140 g/mol. The van der Waals surface area contributed by atoms with Crippen LogP contribution in [-0.2, 0) is 11.3 Å². The summed E-state index contributed by atoms with van der Waals surface area (Å²) in [6, 6.07) is 4.81. The number of hydrogen-bond acceptors (Lipinski definition) is 3. The predicted octanol–water partition coefficient (Wildman–Crippen LogP) is 1.07. The summed E-state index contributed by atoms with van der Waals surface area (Å²) in [5.74, 6) is 0.828. The van der Waals surface area contributed by atoms with Gasteiger partial charge >= 0.3 is 0 Å². The molecule has 0 spiro atoms. The van der Waals surface area contributed by atoms with Crippen molar-refractivity contribution in [3.8, 4) is 0 Å². The molecular formula is C8H11N2O. The zero-order chi connectivity index (χ0) is 8.10. The Bertz CT molecular complexity index is 225. The fourth-order valence-electron chi connectivity index (χ4n) is 0.866. The van der Waals surface area contributed by atoms with Crippen LogP contribution >= 0.6 is 0 Å². The minimum atomic E-state index is 0.546. The second kappa shape index (κ2) is 3.93. The summed E-state index contributed by atoms with van der Waals surface area (Å²) >= 11 is 0. The molecule has 59 valence electrons. The molecule has 3 nitrogen and oxygen atoms in total. The van der Waals surface area contributed by atoms with E-state index >= 15 is 0 Å². The summed E-state index contributed by atoms with van der Waals surface area (Å²) in [5, 5.41) is 2.96. The van der Waals surface area contributed by atoms with Crippen molar-refractivity contribution in [1.29, 1.82) is 0 Å². The Labute approximate surface area is 66.4 Å². The van der Waals surface area contributed by atoms with Gasteiger partial charge in [0.1, 0.15) is 5.82 Å². The van der Waals surface area contributed by atoms with E-state index in [1.807, 2.05) is 7.05 Å². The fraction of sp³-hybridized carbons (Fsp3) is 0.375. The van der Waals surface area contributed by atoms with Crippen molar-refractivity contribution in [3.05, 3.63) is 23.9 Å². The van der Waals surface area contributed by atoms with E-state index < -0.39 is 0 Å². The Balaban J connectivity index is 2.83. The Hall–Kier alpha value is -1.09. The number of ether oxygens (including phenoxy) is 1. The standard InChI is InChI=1S/C8H11N2O/c1-9-8-7(6-11-2)4-3-5-10-8/h3,5H,6H2,1-2H3,(H,9,10). The number of nitrogens with zero attached hydrogens (tertiary/aromatic N) is 1. The average molecular weight is 151 g/mol. The van der Waals surface area contributed by atoms with E-state index in [4.69, 9.17) is 4.74 Å². The lowest BCUT2D eigenvalue weighted by Crippen LogP contribution is -1.98. The number of nitrogens with one attached hydrogen (secondary N) is 1. The van der Waals surface area contributed by atoms with Crippen molar-refractivity contribution in [1.82, 2.24) is 4.98 Å². The highest BCUT2D eigenvalue weighted by Crippen LogP contribution is 2.09. The summed E-state index contributed by atoms with van der Waals surface area (Å²) in [7, 11) is 3.48. The molecule has 1 aromatic rings. The van der Waals surface area contributed by atoms with Crippen LogP contribution in [0.2, 0.25) is 0 Å². The number of methoxy groups -OCH3 is 1. The Morgan fingerprint density at radius 1 is 1.73 bits per heavy atom. The first-order valence-electron chi connectivity index (χ1n) is 3.40. The molecule has 0 bridgehead atoms. The van der Waals surface area contributed by atoms with Crippen LogP contribution < -0.4 is 5.32 Å². The summed E-state index contributed by atoms with van der Waals surface area (Å²) in [6.07, 6.45) is 1.70. The molecule has 0 saturated heterocycles. The van der Waals surface area contributed by atoms with Gasteiger partial charge in [0, 0.05) is 25.9 Å². The van der Waals surface area contributed by atoms with E-state index in [1.165, 1.54) is 0 Å².